The van der Waals surface area contributed by atoms with E-state index in [1.807, 2.05) is 28.8 Å². The summed E-state index contributed by atoms with van der Waals surface area (Å²) in [4.78, 5) is 14.2. The van der Waals surface area contributed by atoms with Gasteiger partial charge in [0.05, 0.1) is 30.8 Å². The van der Waals surface area contributed by atoms with Crippen LogP contribution in [0.3, 0.4) is 0 Å². The summed E-state index contributed by atoms with van der Waals surface area (Å²) < 4.78 is 13.3. The minimum Gasteiger partial charge on any atom is -0.492 e. The van der Waals surface area contributed by atoms with Crippen LogP contribution in [-0.2, 0) is 11.3 Å². The Bertz CT molecular complexity index is 903. The van der Waals surface area contributed by atoms with Gasteiger partial charge in [0.1, 0.15) is 16.3 Å². The first-order valence-corrected chi connectivity index (χ1v) is 10.4. The molecule has 1 aromatic carbocycles. The molecule has 0 amide bonds. The number of aromatic nitrogens is 4. The van der Waals surface area contributed by atoms with E-state index in [0.29, 0.717) is 42.7 Å². The van der Waals surface area contributed by atoms with Gasteiger partial charge in [0.15, 0.2) is 5.65 Å². The van der Waals surface area contributed by atoms with Crippen molar-refractivity contribution in [2.24, 2.45) is 5.92 Å². The third kappa shape index (κ3) is 5.09. The van der Waals surface area contributed by atoms with Crippen LogP contribution in [0.2, 0.25) is 0 Å². The number of hydrogen-bond donors (Lipinski definition) is 1. The van der Waals surface area contributed by atoms with Gasteiger partial charge in [-0.05, 0) is 18.1 Å². The predicted molar refractivity (Wildman–Crippen MR) is 111 cm³/mol. The second-order valence-electron chi connectivity index (χ2n) is 6.33. The highest BCUT2D eigenvalue weighted by atomic mass is 32.2. The third-order valence-corrected chi connectivity index (χ3v) is 4.94. The van der Waals surface area contributed by atoms with Gasteiger partial charge in [0, 0.05) is 6.54 Å². The van der Waals surface area contributed by atoms with Gasteiger partial charge >= 0.3 is 0 Å². The fourth-order valence-electron chi connectivity index (χ4n) is 2.43. The zero-order chi connectivity index (χ0) is 19.2. The molecule has 0 saturated carbocycles. The van der Waals surface area contributed by atoms with Crippen LogP contribution in [0.4, 0.5) is 5.95 Å². The van der Waals surface area contributed by atoms with Crippen LogP contribution in [0.5, 0.6) is 5.75 Å². The number of nitrogen functional groups attached to an aromatic ring is 1. The van der Waals surface area contributed by atoms with Crippen molar-refractivity contribution in [3.05, 3.63) is 30.6 Å². The number of anilines is 1. The number of imidazole rings is 1. The normalized spacial score (nSPS) is 11.4. The lowest BCUT2D eigenvalue weighted by Crippen LogP contribution is -2.06. The molecule has 2 aromatic heterocycles. The molecule has 0 aliphatic rings. The number of fused-ring (bicyclic) bond motifs is 1. The third-order valence-electron chi connectivity index (χ3n) is 3.67. The summed E-state index contributed by atoms with van der Waals surface area (Å²) in [5, 5.41) is 0.712. The Hall–Kier alpha value is -1.89. The molecule has 0 saturated heterocycles. The molecule has 0 aliphatic carbocycles. The molecule has 0 bridgehead atoms. The zero-order valence-electron chi connectivity index (χ0n) is 15.5. The van der Waals surface area contributed by atoms with Gasteiger partial charge < -0.3 is 19.8 Å². The lowest BCUT2D eigenvalue weighted by molar-refractivity contribution is 0.173. The second-order valence-corrected chi connectivity index (χ2v) is 7.69. The van der Waals surface area contributed by atoms with Crippen molar-refractivity contribution in [2.75, 3.05) is 25.3 Å². The molecule has 3 rings (SSSR count). The average Bonchev–Trinajstić information content (AvgIpc) is 3.04. The van der Waals surface area contributed by atoms with E-state index in [4.69, 9.17) is 15.2 Å². The lowest BCUT2D eigenvalue weighted by Gasteiger charge is -2.12. The summed E-state index contributed by atoms with van der Waals surface area (Å²) in [6.07, 6.45) is 2.34. The van der Waals surface area contributed by atoms with Crippen molar-refractivity contribution in [3.8, 4) is 5.75 Å². The first-order valence-electron chi connectivity index (χ1n) is 8.74. The Kier molecular flexibility index (Phi) is 6.88. The Morgan fingerprint density at radius 1 is 1.26 bits per heavy atom. The van der Waals surface area contributed by atoms with Crippen LogP contribution >= 0.6 is 21.0 Å². The number of rotatable bonds is 9. The van der Waals surface area contributed by atoms with Crippen molar-refractivity contribution in [1.29, 1.82) is 0 Å². The maximum absolute atomic E-state index is 5.96. The van der Waals surface area contributed by atoms with E-state index in [9.17, 15) is 0 Å². The van der Waals surface area contributed by atoms with E-state index in [-0.39, 0.29) is 5.95 Å². The van der Waals surface area contributed by atoms with Crippen LogP contribution in [-0.4, -0.2) is 39.1 Å². The van der Waals surface area contributed by atoms with E-state index in [0.717, 1.165) is 16.2 Å². The molecule has 144 valence electrons. The van der Waals surface area contributed by atoms with Crippen molar-refractivity contribution in [1.82, 2.24) is 19.5 Å². The second kappa shape index (κ2) is 9.35. The summed E-state index contributed by atoms with van der Waals surface area (Å²) in [7, 11) is 2.54. The number of nitrogens with two attached hydrogens (primary N) is 1. The minimum absolute atomic E-state index is 0.222. The van der Waals surface area contributed by atoms with Crippen LogP contribution in [0.1, 0.15) is 13.8 Å². The monoisotopic (exact) mass is 405 g/mol. The summed E-state index contributed by atoms with van der Waals surface area (Å²) in [5.74, 6) is 1.50. The summed E-state index contributed by atoms with van der Waals surface area (Å²) in [6, 6.07) is 7.91. The van der Waals surface area contributed by atoms with Crippen LogP contribution in [0, 0.1) is 5.92 Å². The van der Waals surface area contributed by atoms with E-state index < -0.39 is 0 Å². The van der Waals surface area contributed by atoms with Gasteiger partial charge in [-0.3, -0.25) is 0 Å². The SMILES string of the molecule is CC(C)COc1ccccc1Sc1nc(N)nc2c1ncn2CCOCP. The number of hydrogen-bond acceptors (Lipinski definition) is 7. The van der Waals surface area contributed by atoms with E-state index >= 15 is 0 Å². The van der Waals surface area contributed by atoms with E-state index in [1.165, 1.54) is 11.8 Å². The van der Waals surface area contributed by atoms with Gasteiger partial charge in [0.25, 0.3) is 0 Å². The minimum atomic E-state index is 0.222. The molecular formula is C18H24N5O2PS. The molecule has 3 aromatic rings. The first kappa shape index (κ1) is 19.9. The van der Waals surface area contributed by atoms with Gasteiger partial charge in [-0.25, -0.2) is 9.97 Å². The molecule has 0 aliphatic heterocycles. The molecular weight excluding hydrogens is 381 g/mol. The van der Waals surface area contributed by atoms with Gasteiger partial charge in [0.2, 0.25) is 5.95 Å². The van der Waals surface area contributed by atoms with Crippen molar-refractivity contribution >= 4 is 38.1 Å². The lowest BCUT2D eigenvalue weighted by atomic mass is 10.2. The fraction of sp³-hybridized carbons (Fsp3) is 0.389. The predicted octanol–water partition coefficient (Wildman–Crippen LogP) is 3.44. The maximum Gasteiger partial charge on any atom is 0.223 e. The molecule has 1 unspecified atom stereocenters. The fourth-order valence-corrected chi connectivity index (χ4v) is 3.56. The van der Waals surface area contributed by atoms with Gasteiger partial charge in [-0.1, -0.05) is 37.7 Å². The molecule has 27 heavy (non-hydrogen) atoms. The summed E-state index contributed by atoms with van der Waals surface area (Å²) >= 11 is 1.48. The summed E-state index contributed by atoms with van der Waals surface area (Å²) in [6.45, 7) is 6.13. The molecule has 7 nitrogen and oxygen atoms in total. The van der Waals surface area contributed by atoms with Crippen molar-refractivity contribution in [2.45, 2.75) is 30.3 Å². The van der Waals surface area contributed by atoms with Gasteiger partial charge in [-0.2, -0.15) is 4.98 Å². The Morgan fingerprint density at radius 3 is 2.85 bits per heavy atom. The molecule has 0 spiro atoms. The highest BCUT2D eigenvalue weighted by Gasteiger charge is 2.15. The van der Waals surface area contributed by atoms with Crippen LogP contribution in [0.25, 0.3) is 11.2 Å². The van der Waals surface area contributed by atoms with E-state index in [2.05, 4.69) is 38.0 Å². The maximum atomic E-state index is 5.96. The standard InChI is InChI=1S/C18H24N5O2PS/c1-12(2)9-25-13-5-3-4-6-14(13)27-17-15-16(21-18(19)22-17)23(10-20-15)7-8-24-11-26/h3-6,10,12H,7-9,11,26H2,1-2H3,(H2,19,21,22). The molecule has 0 fully saturated rings. The topological polar surface area (TPSA) is 88.1 Å². The molecule has 2 N–H and O–H groups in total. The van der Waals surface area contributed by atoms with Crippen molar-refractivity contribution < 1.29 is 9.47 Å². The average molecular weight is 405 g/mol. The highest BCUT2D eigenvalue weighted by molar-refractivity contribution is 7.99. The number of benzene rings is 1. The van der Waals surface area contributed by atoms with E-state index in [1.54, 1.807) is 6.33 Å². The van der Waals surface area contributed by atoms with Gasteiger partial charge in [-0.15, -0.1) is 9.24 Å². The van der Waals surface area contributed by atoms with Crippen LogP contribution in [0.15, 0.2) is 40.5 Å². The molecule has 2 heterocycles. The smallest absolute Gasteiger partial charge is 0.223 e. The molecule has 1 atom stereocenters. The number of ether oxygens (including phenoxy) is 2. The Morgan fingerprint density at radius 2 is 2.07 bits per heavy atom. The zero-order valence-corrected chi connectivity index (χ0v) is 17.4. The Labute approximate surface area is 165 Å². The largest absolute Gasteiger partial charge is 0.492 e. The number of para-hydroxylation sites is 1. The Balaban J connectivity index is 1.89. The first-order chi connectivity index (χ1) is 13.1. The quantitative estimate of drug-likeness (QED) is 0.331. The summed E-state index contributed by atoms with van der Waals surface area (Å²) in [5.41, 5.74) is 7.38. The molecule has 0 radical (unpaired) electrons. The van der Waals surface area contributed by atoms with Crippen molar-refractivity contribution in [3.63, 3.8) is 0 Å². The highest BCUT2D eigenvalue weighted by Crippen LogP contribution is 2.37. The van der Waals surface area contributed by atoms with Crippen LogP contribution < -0.4 is 10.5 Å². The number of nitrogens with zero attached hydrogens (tertiary/aromatic N) is 4. The molecule has 9 heteroatoms.